The van der Waals surface area contributed by atoms with Crippen molar-refractivity contribution in [1.29, 1.82) is 0 Å². The van der Waals surface area contributed by atoms with Gasteiger partial charge in [-0.3, -0.25) is 4.90 Å². The number of nitrogens with one attached hydrogen (secondary N) is 1. The molecule has 0 aliphatic carbocycles. The summed E-state index contributed by atoms with van der Waals surface area (Å²) in [5.41, 5.74) is 0. The van der Waals surface area contributed by atoms with Gasteiger partial charge in [0.1, 0.15) is 0 Å². The SMILES string of the molecule is CC(C)N(C)[C@H]1CCN[C@H]1C.Cl.Cl. The second-order valence-corrected chi connectivity index (χ2v) is 3.86. The highest BCUT2D eigenvalue weighted by Gasteiger charge is 2.27. The van der Waals surface area contributed by atoms with Crippen LogP contribution in [0.3, 0.4) is 0 Å². The molecule has 1 fully saturated rings. The molecule has 0 amide bonds. The number of rotatable bonds is 2. The number of nitrogens with zero attached hydrogens (tertiary/aromatic N) is 1. The lowest BCUT2D eigenvalue weighted by Crippen LogP contribution is -2.43. The first kappa shape index (κ1) is 15.9. The summed E-state index contributed by atoms with van der Waals surface area (Å²) in [5, 5.41) is 3.46. The quantitative estimate of drug-likeness (QED) is 0.778. The van der Waals surface area contributed by atoms with Gasteiger partial charge in [-0.1, -0.05) is 0 Å². The average molecular weight is 229 g/mol. The minimum absolute atomic E-state index is 0. The molecule has 1 N–H and O–H groups in total. The summed E-state index contributed by atoms with van der Waals surface area (Å²) in [6.45, 7) is 7.97. The van der Waals surface area contributed by atoms with Crippen molar-refractivity contribution in [2.45, 2.75) is 45.3 Å². The maximum atomic E-state index is 3.46. The Kier molecular flexibility index (Phi) is 8.44. The van der Waals surface area contributed by atoms with Crippen LogP contribution in [0.1, 0.15) is 27.2 Å². The van der Waals surface area contributed by atoms with Gasteiger partial charge >= 0.3 is 0 Å². The van der Waals surface area contributed by atoms with Gasteiger partial charge in [-0.25, -0.2) is 0 Å². The van der Waals surface area contributed by atoms with Gasteiger partial charge in [0, 0.05) is 18.1 Å². The average Bonchev–Trinajstić information content (AvgIpc) is 2.33. The van der Waals surface area contributed by atoms with Gasteiger partial charge in [0.25, 0.3) is 0 Å². The van der Waals surface area contributed by atoms with Crippen LogP contribution in [0.4, 0.5) is 0 Å². The lowest BCUT2D eigenvalue weighted by molar-refractivity contribution is 0.185. The van der Waals surface area contributed by atoms with E-state index in [9.17, 15) is 0 Å². The van der Waals surface area contributed by atoms with Gasteiger partial charge in [-0.15, -0.1) is 24.8 Å². The Hall–Kier alpha value is 0.500. The van der Waals surface area contributed by atoms with E-state index in [1.54, 1.807) is 0 Å². The van der Waals surface area contributed by atoms with Crippen LogP contribution < -0.4 is 5.32 Å². The fourth-order valence-corrected chi connectivity index (χ4v) is 1.78. The highest BCUT2D eigenvalue weighted by Crippen LogP contribution is 2.14. The summed E-state index contributed by atoms with van der Waals surface area (Å²) < 4.78 is 0. The smallest absolute Gasteiger partial charge is 0.0258 e. The molecule has 82 valence electrons. The molecule has 1 saturated heterocycles. The Morgan fingerprint density at radius 1 is 1.31 bits per heavy atom. The molecule has 0 saturated carbocycles. The van der Waals surface area contributed by atoms with Crippen LogP contribution in [0.25, 0.3) is 0 Å². The molecule has 13 heavy (non-hydrogen) atoms. The molecular weight excluding hydrogens is 207 g/mol. The summed E-state index contributed by atoms with van der Waals surface area (Å²) in [6.07, 6.45) is 1.30. The number of hydrogen-bond donors (Lipinski definition) is 1. The molecule has 0 aromatic rings. The minimum Gasteiger partial charge on any atom is -0.313 e. The van der Waals surface area contributed by atoms with Crippen molar-refractivity contribution in [1.82, 2.24) is 10.2 Å². The Bertz CT molecular complexity index is 131. The van der Waals surface area contributed by atoms with Crippen molar-refractivity contribution < 1.29 is 0 Å². The van der Waals surface area contributed by atoms with Crippen LogP contribution in [-0.2, 0) is 0 Å². The predicted octanol–water partition coefficient (Wildman–Crippen LogP) is 1.92. The highest BCUT2D eigenvalue weighted by atomic mass is 35.5. The molecule has 4 heteroatoms. The summed E-state index contributed by atoms with van der Waals surface area (Å²) in [7, 11) is 2.22. The van der Waals surface area contributed by atoms with Crippen molar-refractivity contribution >= 4 is 24.8 Å². The Morgan fingerprint density at radius 3 is 2.15 bits per heavy atom. The van der Waals surface area contributed by atoms with Gasteiger partial charge < -0.3 is 5.32 Å². The molecule has 0 radical (unpaired) electrons. The van der Waals surface area contributed by atoms with Gasteiger partial charge in [0.2, 0.25) is 0 Å². The molecule has 0 bridgehead atoms. The van der Waals surface area contributed by atoms with E-state index in [-0.39, 0.29) is 24.8 Å². The van der Waals surface area contributed by atoms with E-state index in [2.05, 4.69) is 38.0 Å². The van der Waals surface area contributed by atoms with E-state index in [1.165, 1.54) is 13.0 Å². The third kappa shape index (κ3) is 4.03. The van der Waals surface area contributed by atoms with Crippen LogP contribution in [0.5, 0.6) is 0 Å². The Balaban J connectivity index is 0. The van der Waals surface area contributed by atoms with E-state index in [0.29, 0.717) is 12.1 Å². The maximum Gasteiger partial charge on any atom is 0.0258 e. The molecule has 0 aromatic heterocycles. The van der Waals surface area contributed by atoms with Crippen molar-refractivity contribution in [3.05, 3.63) is 0 Å². The molecule has 1 rings (SSSR count). The largest absolute Gasteiger partial charge is 0.313 e. The second-order valence-electron chi connectivity index (χ2n) is 3.86. The van der Waals surface area contributed by atoms with Gasteiger partial charge in [-0.2, -0.15) is 0 Å². The topological polar surface area (TPSA) is 15.3 Å². The summed E-state index contributed by atoms with van der Waals surface area (Å²) >= 11 is 0. The van der Waals surface area contributed by atoms with E-state index in [0.717, 1.165) is 6.04 Å². The van der Waals surface area contributed by atoms with Gasteiger partial charge in [-0.05, 0) is 40.8 Å². The normalized spacial score (nSPS) is 27.2. The first-order chi connectivity index (χ1) is 5.13. The molecule has 0 spiro atoms. The second kappa shape index (κ2) is 6.88. The highest BCUT2D eigenvalue weighted by molar-refractivity contribution is 5.85. The van der Waals surface area contributed by atoms with Gasteiger partial charge in [0.05, 0.1) is 0 Å². The standard InChI is InChI=1S/C9H20N2.2ClH/c1-7(2)11(4)9-5-6-10-8(9)3;;/h7-10H,5-6H2,1-4H3;2*1H/t8-,9-;;/m0../s1. The van der Waals surface area contributed by atoms with Crippen LogP contribution >= 0.6 is 24.8 Å². The van der Waals surface area contributed by atoms with Crippen molar-refractivity contribution in [3.63, 3.8) is 0 Å². The lowest BCUT2D eigenvalue weighted by Gasteiger charge is -2.30. The Labute approximate surface area is 94.3 Å². The van der Waals surface area contributed by atoms with Gasteiger partial charge in [0.15, 0.2) is 0 Å². The fraction of sp³-hybridized carbons (Fsp3) is 1.00. The summed E-state index contributed by atoms with van der Waals surface area (Å²) in [5.74, 6) is 0. The van der Waals surface area contributed by atoms with E-state index in [4.69, 9.17) is 0 Å². The zero-order valence-electron chi connectivity index (χ0n) is 8.91. The summed E-state index contributed by atoms with van der Waals surface area (Å²) in [6, 6.07) is 2.08. The number of hydrogen-bond acceptors (Lipinski definition) is 2. The predicted molar refractivity (Wildman–Crippen MR) is 63.3 cm³/mol. The molecule has 1 heterocycles. The monoisotopic (exact) mass is 228 g/mol. The number of likely N-dealkylation sites (N-methyl/N-ethyl adjacent to an activating group) is 1. The molecule has 1 aliphatic heterocycles. The molecule has 0 unspecified atom stereocenters. The Morgan fingerprint density at radius 2 is 1.85 bits per heavy atom. The van der Waals surface area contributed by atoms with Crippen LogP contribution in [0.15, 0.2) is 0 Å². The van der Waals surface area contributed by atoms with Crippen molar-refractivity contribution in [2.75, 3.05) is 13.6 Å². The van der Waals surface area contributed by atoms with E-state index in [1.807, 2.05) is 0 Å². The van der Waals surface area contributed by atoms with Crippen LogP contribution in [0.2, 0.25) is 0 Å². The fourth-order valence-electron chi connectivity index (χ4n) is 1.78. The van der Waals surface area contributed by atoms with E-state index >= 15 is 0 Å². The third-order valence-corrected chi connectivity index (χ3v) is 2.82. The molecule has 0 aromatic carbocycles. The lowest BCUT2D eigenvalue weighted by atomic mass is 10.1. The molecular formula is C9H22Cl2N2. The molecule has 2 atom stereocenters. The maximum absolute atomic E-state index is 3.46. The van der Waals surface area contributed by atoms with E-state index < -0.39 is 0 Å². The van der Waals surface area contributed by atoms with Crippen molar-refractivity contribution in [2.24, 2.45) is 0 Å². The zero-order valence-corrected chi connectivity index (χ0v) is 10.5. The summed E-state index contributed by atoms with van der Waals surface area (Å²) in [4.78, 5) is 2.46. The minimum atomic E-state index is 0. The van der Waals surface area contributed by atoms with Crippen LogP contribution in [0, 0.1) is 0 Å². The third-order valence-electron chi connectivity index (χ3n) is 2.82. The molecule has 2 nitrogen and oxygen atoms in total. The number of halogens is 2. The van der Waals surface area contributed by atoms with Crippen LogP contribution in [-0.4, -0.2) is 36.6 Å². The van der Waals surface area contributed by atoms with Crippen molar-refractivity contribution in [3.8, 4) is 0 Å². The first-order valence-corrected chi connectivity index (χ1v) is 4.58. The first-order valence-electron chi connectivity index (χ1n) is 4.58. The zero-order chi connectivity index (χ0) is 8.43. The molecule has 1 aliphatic rings.